The molecule has 1 aliphatic rings. The van der Waals surface area contributed by atoms with Crippen molar-refractivity contribution < 1.29 is 9.63 Å². The Morgan fingerprint density at radius 3 is 2.58 bits per heavy atom. The molecule has 0 saturated carbocycles. The third-order valence-electron chi connectivity index (χ3n) is 2.08. The summed E-state index contributed by atoms with van der Waals surface area (Å²) >= 11 is 0. The van der Waals surface area contributed by atoms with Crippen LogP contribution in [0.15, 0.2) is 12.8 Å². The Morgan fingerprint density at radius 2 is 2.17 bits per heavy atom. The monoisotopic (exact) mass is 170 g/mol. The molecule has 0 bridgehead atoms. The van der Waals surface area contributed by atoms with E-state index in [1.54, 1.807) is 5.06 Å². The van der Waals surface area contributed by atoms with Gasteiger partial charge in [-0.1, -0.05) is 6.58 Å². The number of hydrogen-bond donors (Lipinski definition) is 1. The second kappa shape index (κ2) is 4.11. The smallest absolute Gasteiger partial charge is 0.220 e. The van der Waals surface area contributed by atoms with E-state index in [0.29, 0.717) is 0 Å². The first-order valence-electron chi connectivity index (χ1n) is 4.06. The van der Waals surface area contributed by atoms with E-state index < -0.39 is 0 Å². The van der Waals surface area contributed by atoms with Crippen LogP contribution < -0.4 is 5.73 Å². The molecule has 1 fully saturated rings. The van der Waals surface area contributed by atoms with Crippen LogP contribution in [0.3, 0.4) is 0 Å². The van der Waals surface area contributed by atoms with Gasteiger partial charge < -0.3 is 10.6 Å². The number of primary amides is 1. The van der Waals surface area contributed by atoms with E-state index in [9.17, 15) is 4.79 Å². The first-order valence-corrected chi connectivity index (χ1v) is 4.06. The number of nitrogens with zero attached hydrogens (tertiary/aromatic N) is 1. The molecule has 0 aromatic heterocycles. The fourth-order valence-electron chi connectivity index (χ4n) is 1.35. The summed E-state index contributed by atoms with van der Waals surface area (Å²) in [6.07, 6.45) is 2.96. The van der Waals surface area contributed by atoms with Gasteiger partial charge in [0.2, 0.25) is 5.91 Å². The van der Waals surface area contributed by atoms with Crippen molar-refractivity contribution in [1.29, 1.82) is 0 Å². The Balaban J connectivity index is 2.29. The Kier molecular flexibility index (Phi) is 3.10. The second-order valence-corrected chi connectivity index (χ2v) is 2.88. The third-order valence-corrected chi connectivity index (χ3v) is 2.08. The van der Waals surface area contributed by atoms with Gasteiger partial charge in [0.25, 0.3) is 0 Å². The van der Waals surface area contributed by atoms with Gasteiger partial charge in [-0.15, -0.1) is 5.06 Å². The highest BCUT2D eigenvalue weighted by Crippen LogP contribution is 2.16. The molecule has 0 aromatic carbocycles. The van der Waals surface area contributed by atoms with Crippen LogP contribution in [0.1, 0.15) is 12.8 Å². The molecule has 0 atom stereocenters. The van der Waals surface area contributed by atoms with Crippen molar-refractivity contribution >= 4 is 5.91 Å². The zero-order chi connectivity index (χ0) is 8.97. The Bertz CT molecular complexity index is 174. The Labute approximate surface area is 71.9 Å². The summed E-state index contributed by atoms with van der Waals surface area (Å²) in [7, 11) is 0. The number of hydrogen-bond acceptors (Lipinski definition) is 3. The normalized spacial score (nSPS) is 20.3. The zero-order valence-electron chi connectivity index (χ0n) is 7.03. The van der Waals surface area contributed by atoms with E-state index in [-0.39, 0.29) is 11.8 Å². The first kappa shape index (κ1) is 9.06. The molecule has 1 saturated heterocycles. The summed E-state index contributed by atoms with van der Waals surface area (Å²) in [5.41, 5.74) is 5.17. The van der Waals surface area contributed by atoms with Gasteiger partial charge in [-0.05, 0) is 12.8 Å². The van der Waals surface area contributed by atoms with E-state index in [1.807, 2.05) is 0 Å². The Morgan fingerprint density at radius 1 is 1.58 bits per heavy atom. The highest BCUT2D eigenvalue weighted by Gasteiger charge is 2.23. The van der Waals surface area contributed by atoms with Crippen molar-refractivity contribution in [2.24, 2.45) is 11.7 Å². The van der Waals surface area contributed by atoms with Gasteiger partial charge in [0, 0.05) is 19.0 Å². The van der Waals surface area contributed by atoms with Crippen molar-refractivity contribution in [3.05, 3.63) is 12.8 Å². The third kappa shape index (κ3) is 2.23. The number of amides is 1. The largest absolute Gasteiger partial charge is 0.414 e. The molecule has 4 nitrogen and oxygen atoms in total. The minimum Gasteiger partial charge on any atom is -0.414 e. The minimum atomic E-state index is -0.201. The number of carbonyl (C=O) groups excluding carboxylic acids is 1. The number of hydroxylamine groups is 2. The van der Waals surface area contributed by atoms with Crippen LogP contribution in [0.2, 0.25) is 0 Å². The van der Waals surface area contributed by atoms with Crippen LogP contribution in [0.4, 0.5) is 0 Å². The molecular weight excluding hydrogens is 156 g/mol. The van der Waals surface area contributed by atoms with Crippen molar-refractivity contribution in [1.82, 2.24) is 5.06 Å². The lowest BCUT2D eigenvalue weighted by molar-refractivity contribution is -0.137. The molecule has 12 heavy (non-hydrogen) atoms. The van der Waals surface area contributed by atoms with Gasteiger partial charge >= 0.3 is 0 Å². The first-order chi connectivity index (χ1) is 5.74. The average Bonchev–Trinajstić information content (AvgIpc) is 2.06. The molecule has 1 amide bonds. The van der Waals surface area contributed by atoms with Gasteiger partial charge in [-0.2, -0.15) is 0 Å². The van der Waals surface area contributed by atoms with E-state index in [2.05, 4.69) is 6.58 Å². The number of nitrogens with two attached hydrogens (primary N) is 1. The lowest BCUT2D eigenvalue weighted by atomic mass is 9.97. The standard InChI is InChI=1S/C8H14N2O2/c1-2-12-10-5-3-7(4-6-10)8(9)11/h2,7H,1,3-6H2,(H2,9,11). The van der Waals surface area contributed by atoms with Crippen molar-refractivity contribution in [3.8, 4) is 0 Å². The van der Waals surface area contributed by atoms with Gasteiger partial charge in [0.05, 0.1) is 0 Å². The fraction of sp³-hybridized carbons (Fsp3) is 0.625. The summed E-state index contributed by atoms with van der Waals surface area (Å²) in [6.45, 7) is 4.95. The lowest BCUT2D eigenvalue weighted by Crippen LogP contribution is -2.37. The van der Waals surface area contributed by atoms with Gasteiger partial charge in [0.15, 0.2) is 0 Å². The summed E-state index contributed by atoms with van der Waals surface area (Å²) < 4.78 is 0. The molecule has 0 radical (unpaired) electrons. The molecule has 68 valence electrons. The average molecular weight is 170 g/mol. The molecule has 2 N–H and O–H groups in total. The van der Waals surface area contributed by atoms with Crippen LogP contribution in [0.5, 0.6) is 0 Å². The molecule has 0 aromatic rings. The highest BCUT2D eigenvalue weighted by atomic mass is 16.7. The van der Waals surface area contributed by atoms with E-state index in [1.165, 1.54) is 6.26 Å². The van der Waals surface area contributed by atoms with Gasteiger partial charge in [0.1, 0.15) is 6.26 Å². The predicted octanol–water partition coefficient (Wildman–Crippen LogP) is 0.259. The molecular formula is C8H14N2O2. The van der Waals surface area contributed by atoms with Gasteiger partial charge in [-0.3, -0.25) is 4.79 Å². The topological polar surface area (TPSA) is 55.6 Å². The second-order valence-electron chi connectivity index (χ2n) is 2.88. The molecule has 1 rings (SSSR count). The molecule has 0 aliphatic carbocycles. The number of rotatable bonds is 3. The SMILES string of the molecule is C=CON1CCC(C(N)=O)CC1. The maximum atomic E-state index is 10.8. The van der Waals surface area contributed by atoms with Crippen LogP contribution in [-0.2, 0) is 9.63 Å². The van der Waals surface area contributed by atoms with Gasteiger partial charge in [-0.25, -0.2) is 0 Å². The molecule has 1 heterocycles. The lowest BCUT2D eigenvalue weighted by Gasteiger charge is -2.28. The molecule has 0 spiro atoms. The fourth-order valence-corrected chi connectivity index (χ4v) is 1.35. The number of carbonyl (C=O) groups is 1. The molecule has 0 unspecified atom stereocenters. The van der Waals surface area contributed by atoms with E-state index >= 15 is 0 Å². The summed E-state index contributed by atoms with van der Waals surface area (Å²) in [5, 5.41) is 1.78. The van der Waals surface area contributed by atoms with Crippen molar-refractivity contribution in [3.63, 3.8) is 0 Å². The summed E-state index contributed by atoms with van der Waals surface area (Å²) in [4.78, 5) is 15.8. The minimum absolute atomic E-state index is 0.0228. The quantitative estimate of drug-likeness (QED) is 0.618. The van der Waals surface area contributed by atoms with Crippen LogP contribution in [0.25, 0.3) is 0 Å². The molecule has 1 aliphatic heterocycles. The van der Waals surface area contributed by atoms with Crippen molar-refractivity contribution in [2.45, 2.75) is 12.8 Å². The molecule has 4 heteroatoms. The van der Waals surface area contributed by atoms with Crippen molar-refractivity contribution in [2.75, 3.05) is 13.1 Å². The maximum Gasteiger partial charge on any atom is 0.220 e. The van der Waals surface area contributed by atoms with Crippen LogP contribution >= 0.6 is 0 Å². The van der Waals surface area contributed by atoms with E-state index in [0.717, 1.165) is 25.9 Å². The Hall–Kier alpha value is -1.03. The summed E-state index contributed by atoms with van der Waals surface area (Å²) in [6, 6.07) is 0. The van der Waals surface area contributed by atoms with Crippen LogP contribution in [0, 0.1) is 5.92 Å². The maximum absolute atomic E-state index is 10.8. The summed E-state index contributed by atoms with van der Waals surface area (Å²) in [5.74, 6) is -0.178. The zero-order valence-corrected chi connectivity index (χ0v) is 7.03. The number of piperidine rings is 1. The van der Waals surface area contributed by atoms with E-state index in [4.69, 9.17) is 10.6 Å². The highest BCUT2D eigenvalue weighted by molar-refractivity contribution is 5.76. The predicted molar refractivity (Wildman–Crippen MR) is 44.8 cm³/mol. The van der Waals surface area contributed by atoms with Crippen LogP contribution in [-0.4, -0.2) is 24.1 Å².